The van der Waals surface area contributed by atoms with Gasteiger partial charge in [0.2, 0.25) is 0 Å². The van der Waals surface area contributed by atoms with Crippen LogP contribution in [0.4, 0.5) is 0 Å². The molecule has 1 saturated carbocycles. The van der Waals surface area contributed by atoms with Crippen molar-refractivity contribution in [2.24, 2.45) is 17.6 Å². The van der Waals surface area contributed by atoms with E-state index >= 15 is 0 Å². The summed E-state index contributed by atoms with van der Waals surface area (Å²) in [5.74, 6) is 3.14. The zero-order valence-corrected chi connectivity index (χ0v) is 8.20. The van der Waals surface area contributed by atoms with Crippen molar-refractivity contribution in [2.45, 2.75) is 25.7 Å². The fourth-order valence-electron chi connectivity index (χ4n) is 2.00. The molecular weight excluding hydrogens is 154 g/mol. The number of hydrogen-bond donors (Lipinski definition) is 1. The van der Waals surface area contributed by atoms with Gasteiger partial charge in [0.15, 0.2) is 0 Å². The number of hydrogen-bond acceptors (Lipinski definition) is 2. The molecule has 2 heteroatoms. The molecule has 0 aromatic heterocycles. The molecule has 0 aliphatic heterocycles. The Balaban J connectivity index is 2.21. The molecule has 1 aliphatic rings. The Labute approximate surface area is 74.1 Å². The summed E-state index contributed by atoms with van der Waals surface area (Å²) in [6, 6.07) is 0. The Morgan fingerprint density at radius 2 is 2.09 bits per heavy atom. The van der Waals surface area contributed by atoms with Crippen LogP contribution < -0.4 is 5.73 Å². The van der Waals surface area contributed by atoms with Crippen LogP contribution in [0.15, 0.2) is 0 Å². The number of rotatable bonds is 3. The highest BCUT2D eigenvalue weighted by Gasteiger charge is 2.19. The molecule has 0 aromatic carbocycles. The van der Waals surface area contributed by atoms with Crippen LogP contribution >= 0.6 is 11.8 Å². The van der Waals surface area contributed by atoms with E-state index in [9.17, 15) is 0 Å². The van der Waals surface area contributed by atoms with E-state index in [4.69, 9.17) is 5.73 Å². The number of nitrogens with two attached hydrogens (primary N) is 1. The lowest BCUT2D eigenvalue weighted by atomic mass is 9.82. The summed E-state index contributed by atoms with van der Waals surface area (Å²) < 4.78 is 0. The van der Waals surface area contributed by atoms with Gasteiger partial charge in [-0.25, -0.2) is 0 Å². The number of thioether (sulfide) groups is 1. The average Bonchev–Trinajstić information content (AvgIpc) is 2.06. The van der Waals surface area contributed by atoms with E-state index in [0.717, 1.165) is 18.4 Å². The predicted octanol–water partition coefficient (Wildman–Crippen LogP) is 2.11. The fourth-order valence-corrected chi connectivity index (χ4v) is 2.78. The van der Waals surface area contributed by atoms with Gasteiger partial charge in [-0.2, -0.15) is 11.8 Å². The summed E-state index contributed by atoms with van der Waals surface area (Å²) in [7, 11) is 0. The zero-order chi connectivity index (χ0) is 8.10. The minimum absolute atomic E-state index is 0.834. The molecule has 0 bridgehead atoms. The SMILES string of the molecule is CSCC1CCCC(CN)C1. The van der Waals surface area contributed by atoms with Crippen LogP contribution in [0.25, 0.3) is 0 Å². The molecule has 2 atom stereocenters. The normalized spacial score (nSPS) is 32.2. The first-order valence-corrected chi connectivity index (χ1v) is 5.95. The second kappa shape index (κ2) is 5.04. The molecule has 1 nitrogen and oxygen atoms in total. The summed E-state index contributed by atoms with van der Waals surface area (Å²) in [4.78, 5) is 0. The second-order valence-electron chi connectivity index (χ2n) is 3.59. The van der Waals surface area contributed by atoms with E-state index < -0.39 is 0 Å². The van der Waals surface area contributed by atoms with E-state index in [1.54, 1.807) is 0 Å². The molecule has 1 rings (SSSR count). The van der Waals surface area contributed by atoms with Gasteiger partial charge < -0.3 is 5.73 Å². The molecule has 2 unspecified atom stereocenters. The topological polar surface area (TPSA) is 26.0 Å². The lowest BCUT2D eigenvalue weighted by molar-refractivity contribution is 0.292. The van der Waals surface area contributed by atoms with Crippen molar-refractivity contribution >= 4 is 11.8 Å². The van der Waals surface area contributed by atoms with Gasteiger partial charge in [-0.1, -0.05) is 6.42 Å². The van der Waals surface area contributed by atoms with Crippen LogP contribution in [-0.2, 0) is 0 Å². The molecular formula is C9H19NS. The first-order valence-electron chi connectivity index (χ1n) is 4.55. The van der Waals surface area contributed by atoms with Crippen LogP contribution in [0, 0.1) is 11.8 Å². The minimum Gasteiger partial charge on any atom is -0.330 e. The monoisotopic (exact) mass is 173 g/mol. The molecule has 0 radical (unpaired) electrons. The molecule has 0 saturated heterocycles. The van der Waals surface area contributed by atoms with Gasteiger partial charge in [0, 0.05) is 0 Å². The van der Waals surface area contributed by atoms with E-state index in [-0.39, 0.29) is 0 Å². The summed E-state index contributed by atoms with van der Waals surface area (Å²) in [5, 5.41) is 0. The van der Waals surface area contributed by atoms with Crippen LogP contribution in [0.2, 0.25) is 0 Å². The Hall–Kier alpha value is 0.310. The van der Waals surface area contributed by atoms with Crippen molar-refractivity contribution in [1.82, 2.24) is 0 Å². The standard InChI is InChI=1S/C9H19NS/c1-11-7-9-4-2-3-8(5-9)6-10/h8-9H,2-7,10H2,1H3. The smallest absolute Gasteiger partial charge is 0.00418 e. The maximum atomic E-state index is 5.65. The third-order valence-electron chi connectivity index (χ3n) is 2.63. The van der Waals surface area contributed by atoms with Gasteiger partial charge in [-0.3, -0.25) is 0 Å². The Morgan fingerprint density at radius 3 is 2.73 bits per heavy atom. The Morgan fingerprint density at radius 1 is 1.36 bits per heavy atom. The first-order chi connectivity index (χ1) is 5.36. The van der Waals surface area contributed by atoms with Gasteiger partial charge >= 0.3 is 0 Å². The summed E-state index contributed by atoms with van der Waals surface area (Å²) in [6.07, 6.45) is 7.81. The predicted molar refractivity (Wildman–Crippen MR) is 52.9 cm³/mol. The largest absolute Gasteiger partial charge is 0.330 e. The van der Waals surface area contributed by atoms with Gasteiger partial charge in [0.25, 0.3) is 0 Å². The van der Waals surface area contributed by atoms with Crippen molar-refractivity contribution in [3.8, 4) is 0 Å². The molecule has 1 aliphatic carbocycles. The molecule has 0 amide bonds. The molecule has 11 heavy (non-hydrogen) atoms. The third-order valence-corrected chi connectivity index (χ3v) is 3.43. The van der Waals surface area contributed by atoms with Gasteiger partial charge in [0.1, 0.15) is 0 Å². The molecule has 0 spiro atoms. The minimum atomic E-state index is 0.834. The van der Waals surface area contributed by atoms with Crippen molar-refractivity contribution in [3.63, 3.8) is 0 Å². The van der Waals surface area contributed by atoms with Crippen LogP contribution in [0.3, 0.4) is 0 Å². The lowest BCUT2D eigenvalue weighted by Crippen LogP contribution is -2.23. The maximum absolute atomic E-state index is 5.65. The molecule has 0 heterocycles. The lowest BCUT2D eigenvalue weighted by Gasteiger charge is -2.27. The van der Waals surface area contributed by atoms with Gasteiger partial charge in [0.05, 0.1) is 0 Å². The highest BCUT2D eigenvalue weighted by atomic mass is 32.2. The average molecular weight is 173 g/mol. The summed E-state index contributed by atoms with van der Waals surface area (Å²) in [6.45, 7) is 0.908. The van der Waals surface area contributed by atoms with Crippen molar-refractivity contribution < 1.29 is 0 Å². The van der Waals surface area contributed by atoms with E-state index in [2.05, 4.69) is 6.26 Å². The van der Waals surface area contributed by atoms with E-state index in [1.165, 1.54) is 31.4 Å². The Kier molecular flexibility index (Phi) is 4.31. The molecule has 66 valence electrons. The summed E-state index contributed by atoms with van der Waals surface area (Å²) >= 11 is 1.98. The highest BCUT2D eigenvalue weighted by Crippen LogP contribution is 2.29. The van der Waals surface area contributed by atoms with Gasteiger partial charge in [-0.05, 0) is 49.7 Å². The van der Waals surface area contributed by atoms with Crippen molar-refractivity contribution in [1.29, 1.82) is 0 Å². The first kappa shape index (κ1) is 9.40. The van der Waals surface area contributed by atoms with Crippen molar-refractivity contribution in [2.75, 3.05) is 18.6 Å². The quantitative estimate of drug-likeness (QED) is 0.707. The summed E-state index contributed by atoms with van der Waals surface area (Å²) in [5.41, 5.74) is 5.65. The van der Waals surface area contributed by atoms with Crippen LogP contribution in [-0.4, -0.2) is 18.6 Å². The molecule has 2 N–H and O–H groups in total. The Bertz CT molecular complexity index is 104. The van der Waals surface area contributed by atoms with E-state index in [0.29, 0.717) is 0 Å². The second-order valence-corrected chi connectivity index (χ2v) is 4.50. The van der Waals surface area contributed by atoms with Crippen molar-refractivity contribution in [3.05, 3.63) is 0 Å². The zero-order valence-electron chi connectivity index (χ0n) is 7.38. The molecule has 0 aromatic rings. The van der Waals surface area contributed by atoms with E-state index in [1.807, 2.05) is 11.8 Å². The van der Waals surface area contributed by atoms with Crippen LogP contribution in [0.5, 0.6) is 0 Å². The highest BCUT2D eigenvalue weighted by molar-refractivity contribution is 7.98. The third kappa shape index (κ3) is 3.04. The van der Waals surface area contributed by atoms with Crippen LogP contribution in [0.1, 0.15) is 25.7 Å². The van der Waals surface area contributed by atoms with Gasteiger partial charge in [-0.15, -0.1) is 0 Å². The maximum Gasteiger partial charge on any atom is -0.00418 e. The molecule has 1 fully saturated rings. The fraction of sp³-hybridized carbons (Fsp3) is 1.00.